The van der Waals surface area contributed by atoms with Gasteiger partial charge < -0.3 is 50.3 Å². The molecule has 0 aromatic heterocycles. The molecule has 8 N–H and O–H groups in total. The molecule has 5 aliphatic carbocycles. The largest absolute Gasteiger partial charge is 0.432 e. The van der Waals surface area contributed by atoms with Gasteiger partial charge in [0.15, 0.2) is 0 Å². The zero-order valence-electron chi connectivity index (χ0n) is 28.8. The molecule has 0 radical (unpaired) electrons. The van der Waals surface area contributed by atoms with Crippen LogP contribution in [0.2, 0.25) is 0 Å². The highest BCUT2D eigenvalue weighted by molar-refractivity contribution is 5.80. The molecule has 1 saturated heterocycles. The molecule has 1 heterocycles. The number of allylic oxidation sites excluding steroid dienone is 1. The van der Waals surface area contributed by atoms with E-state index >= 15 is 0 Å². The lowest BCUT2D eigenvalue weighted by Crippen LogP contribution is -2.71. The van der Waals surface area contributed by atoms with E-state index in [0.29, 0.717) is 19.3 Å². The van der Waals surface area contributed by atoms with Crippen molar-refractivity contribution >= 4 is 5.97 Å². The quantitative estimate of drug-likeness (QED) is 0.160. The van der Waals surface area contributed by atoms with Crippen molar-refractivity contribution in [2.24, 2.45) is 50.7 Å². The number of esters is 1. The molecule has 0 aromatic rings. The van der Waals surface area contributed by atoms with Gasteiger partial charge in [0.1, 0.15) is 29.8 Å². The number of carbonyl (C=O) groups is 1. The predicted octanol–water partition coefficient (Wildman–Crippen LogP) is 1.41. The van der Waals surface area contributed by atoms with E-state index < -0.39 is 83.3 Å². The van der Waals surface area contributed by atoms with Crippen molar-refractivity contribution in [1.82, 2.24) is 0 Å². The molecule has 11 nitrogen and oxygen atoms in total. The minimum atomic E-state index is -1.79. The molecule has 0 spiro atoms. The minimum absolute atomic E-state index is 0.0865. The fourth-order valence-corrected chi connectivity index (χ4v) is 12.3. The number of aliphatic hydroxyl groups excluding tert-OH is 7. The molecule has 0 bridgehead atoms. The maximum Gasteiger partial charge on any atom is 0.317 e. The molecule has 5 fully saturated rings. The average molecular weight is 667 g/mol. The van der Waals surface area contributed by atoms with Crippen molar-refractivity contribution in [2.75, 3.05) is 13.2 Å². The molecular formula is C36H58O11. The van der Waals surface area contributed by atoms with Crippen LogP contribution in [0.1, 0.15) is 92.9 Å². The highest BCUT2D eigenvalue weighted by atomic mass is 16.7. The summed E-state index contributed by atoms with van der Waals surface area (Å²) in [5.41, 5.74) is -3.77. The third-order valence-corrected chi connectivity index (χ3v) is 15.7. The number of aliphatic hydroxyl groups is 8. The average Bonchev–Trinajstić information content (AvgIpc) is 3.01. The van der Waals surface area contributed by atoms with Gasteiger partial charge in [-0.05, 0) is 92.3 Å². The first-order valence-electron chi connectivity index (χ1n) is 17.7. The fraction of sp³-hybridized carbons (Fsp3) is 0.917. The molecular weight excluding hydrogens is 608 g/mol. The van der Waals surface area contributed by atoms with Crippen molar-refractivity contribution in [3.8, 4) is 0 Å². The van der Waals surface area contributed by atoms with Crippen molar-refractivity contribution < 1.29 is 55.1 Å². The monoisotopic (exact) mass is 666 g/mol. The Hall–Kier alpha value is -1.15. The Balaban J connectivity index is 1.42. The molecule has 0 amide bonds. The first-order valence-corrected chi connectivity index (χ1v) is 17.7. The summed E-state index contributed by atoms with van der Waals surface area (Å²) in [5.74, 6) is -1.59. The van der Waals surface area contributed by atoms with E-state index in [4.69, 9.17) is 9.47 Å². The Morgan fingerprint density at radius 2 is 1.57 bits per heavy atom. The lowest BCUT2D eigenvalue weighted by molar-refractivity contribution is -0.302. The van der Waals surface area contributed by atoms with Crippen LogP contribution in [0, 0.1) is 50.7 Å². The second-order valence-electron chi connectivity index (χ2n) is 17.5. The highest BCUT2D eigenvalue weighted by Crippen LogP contribution is 2.76. The molecule has 4 saturated carbocycles. The Kier molecular flexibility index (Phi) is 8.68. The standard InChI is InChI=1S/C36H58O11/c1-18-9-14-36(30(44)47-29-27(43)26(42)25(41)20(16-37)46-29)24(40)15-34(5)19(28(36)35(18,6)45)7-8-22-31(2)12-11-23(39)32(3,17-38)21(31)10-13-33(22,34)4/h7,18,20-29,37-43,45H,8-17H2,1-6H3/t18-,20-,21-,22-,23-,24-,25-,26+,27-,28-,29+,31+,32-,33-,34-,35-,36+/m1/s1. The SMILES string of the molecule is C[C@@H]1CC[C@]2(C(=O)O[C@@H]3O[C@H](CO)[C@@H](O)[C@H](O)[C@H]3O)[C@H](O)C[C@]3(C)C(=CC[C@@H]4[C@@]5(C)CC[C@@H](O)[C@](C)(CO)[C@@H]5CC[C@]43C)[C@@H]2[C@]1(C)O. The van der Waals surface area contributed by atoms with E-state index in [2.05, 4.69) is 26.8 Å². The number of hydrogen-bond donors (Lipinski definition) is 8. The Bertz CT molecular complexity index is 1270. The van der Waals surface area contributed by atoms with Gasteiger partial charge in [0, 0.05) is 11.3 Å². The Morgan fingerprint density at radius 1 is 0.894 bits per heavy atom. The second-order valence-corrected chi connectivity index (χ2v) is 17.5. The van der Waals surface area contributed by atoms with Crippen molar-refractivity contribution in [1.29, 1.82) is 0 Å². The van der Waals surface area contributed by atoms with Crippen LogP contribution in [0.15, 0.2) is 11.6 Å². The van der Waals surface area contributed by atoms with Gasteiger partial charge in [0.2, 0.25) is 6.29 Å². The van der Waals surface area contributed by atoms with E-state index in [0.717, 1.165) is 24.8 Å². The zero-order valence-corrected chi connectivity index (χ0v) is 28.8. The summed E-state index contributed by atoms with van der Waals surface area (Å²) < 4.78 is 11.3. The van der Waals surface area contributed by atoms with Crippen molar-refractivity contribution in [2.45, 2.75) is 141 Å². The summed E-state index contributed by atoms with van der Waals surface area (Å²) in [6.07, 6.45) is -3.06. The van der Waals surface area contributed by atoms with Crippen molar-refractivity contribution in [3.05, 3.63) is 11.6 Å². The van der Waals surface area contributed by atoms with Crippen LogP contribution in [0.25, 0.3) is 0 Å². The van der Waals surface area contributed by atoms with Gasteiger partial charge in [-0.3, -0.25) is 4.79 Å². The summed E-state index contributed by atoms with van der Waals surface area (Å²) in [4.78, 5) is 14.5. The van der Waals surface area contributed by atoms with Crippen LogP contribution in [0.3, 0.4) is 0 Å². The van der Waals surface area contributed by atoms with Gasteiger partial charge in [-0.2, -0.15) is 0 Å². The Morgan fingerprint density at radius 3 is 2.21 bits per heavy atom. The normalized spacial score (nSPS) is 57.5. The first-order chi connectivity index (χ1) is 21.8. The lowest BCUT2D eigenvalue weighted by atomic mass is 9.32. The van der Waals surface area contributed by atoms with Gasteiger partial charge in [-0.1, -0.05) is 46.3 Å². The van der Waals surface area contributed by atoms with Gasteiger partial charge in [-0.25, -0.2) is 0 Å². The smallest absolute Gasteiger partial charge is 0.317 e. The summed E-state index contributed by atoms with van der Waals surface area (Å²) in [6, 6.07) is 0. The van der Waals surface area contributed by atoms with Gasteiger partial charge in [0.25, 0.3) is 0 Å². The molecule has 6 aliphatic rings. The highest BCUT2D eigenvalue weighted by Gasteiger charge is 2.74. The van der Waals surface area contributed by atoms with Gasteiger partial charge in [0.05, 0.1) is 31.0 Å². The molecule has 268 valence electrons. The number of rotatable bonds is 4. The van der Waals surface area contributed by atoms with E-state index in [1.165, 1.54) is 0 Å². The second kappa shape index (κ2) is 11.4. The molecule has 47 heavy (non-hydrogen) atoms. The van der Waals surface area contributed by atoms with Crippen LogP contribution in [-0.2, 0) is 14.3 Å². The van der Waals surface area contributed by atoms with Crippen molar-refractivity contribution in [3.63, 3.8) is 0 Å². The first kappa shape index (κ1) is 35.7. The Labute approximate surface area is 278 Å². The zero-order chi connectivity index (χ0) is 34.7. The van der Waals surface area contributed by atoms with E-state index in [1.54, 1.807) is 6.92 Å². The summed E-state index contributed by atoms with van der Waals surface area (Å²) >= 11 is 0. The number of fused-ring (bicyclic) bond motifs is 7. The van der Waals surface area contributed by atoms with E-state index in [1.807, 2.05) is 13.8 Å². The lowest BCUT2D eigenvalue weighted by Gasteiger charge is -2.72. The third kappa shape index (κ3) is 4.53. The van der Waals surface area contributed by atoms with Crippen LogP contribution in [0.5, 0.6) is 0 Å². The van der Waals surface area contributed by atoms with E-state index in [-0.39, 0.29) is 48.0 Å². The molecule has 0 unspecified atom stereocenters. The maximum absolute atomic E-state index is 14.5. The summed E-state index contributed by atoms with van der Waals surface area (Å²) in [5, 5.41) is 87.4. The van der Waals surface area contributed by atoms with Crippen LogP contribution in [0.4, 0.5) is 0 Å². The molecule has 1 aliphatic heterocycles. The van der Waals surface area contributed by atoms with Gasteiger partial charge in [-0.15, -0.1) is 0 Å². The molecule has 17 atom stereocenters. The topological polar surface area (TPSA) is 197 Å². The predicted molar refractivity (Wildman–Crippen MR) is 169 cm³/mol. The third-order valence-electron chi connectivity index (χ3n) is 15.7. The summed E-state index contributed by atoms with van der Waals surface area (Å²) in [6.45, 7) is 11.7. The maximum atomic E-state index is 14.5. The number of carbonyl (C=O) groups excluding carboxylic acids is 1. The number of ether oxygens (including phenoxy) is 2. The van der Waals surface area contributed by atoms with E-state index in [9.17, 15) is 45.6 Å². The molecule has 6 rings (SSSR count). The molecule has 0 aromatic carbocycles. The fourth-order valence-electron chi connectivity index (χ4n) is 12.3. The van der Waals surface area contributed by atoms with Crippen LogP contribution < -0.4 is 0 Å². The molecule has 11 heteroatoms. The number of hydrogen-bond acceptors (Lipinski definition) is 11. The minimum Gasteiger partial charge on any atom is -0.432 e. The van der Waals surface area contributed by atoms with Crippen LogP contribution in [-0.4, -0.2) is 109 Å². The van der Waals surface area contributed by atoms with Crippen LogP contribution >= 0.6 is 0 Å². The summed E-state index contributed by atoms with van der Waals surface area (Å²) in [7, 11) is 0. The van der Waals surface area contributed by atoms with Gasteiger partial charge >= 0.3 is 5.97 Å².